The molecule has 0 bridgehead atoms. The molecule has 1 saturated heterocycles. The first-order valence-corrected chi connectivity index (χ1v) is 8.64. The molecule has 0 unspecified atom stereocenters. The average molecular weight is 351 g/mol. The molecule has 0 spiro atoms. The van der Waals surface area contributed by atoms with Crippen molar-refractivity contribution >= 4 is 5.91 Å². The number of ether oxygens (including phenoxy) is 3. The van der Waals surface area contributed by atoms with E-state index in [0.29, 0.717) is 23.8 Å². The van der Waals surface area contributed by atoms with E-state index >= 15 is 0 Å². The van der Waals surface area contributed by atoms with Gasteiger partial charge in [0.2, 0.25) is 0 Å². The number of nitrogens with one attached hydrogen (secondary N) is 1. The molecule has 2 rings (SSSR count). The number of hydrogen-bond donors (Lipinski definition) is 1. The van der Waals surface area contributed by atoms with Gasteiger partial charge in [-0.15, -0.1) is 0 Å². The maximum atomic E-state index is 11.9. The smallest absolute Gasteiger partial charge is 0.257 e. The highest BCUT2D eigenvalue weighted by atomic mass is 16.5. The highest BCUT2D eigenvalue weighted by molar-refractivity contribution is 5.77. The van der Waals surface area contributed by atoms with Gasteiger partial charge in [-0.3, -0.25) is 4.79 Å². The quantitative estimate of drug-likeness (QED) is 0.665. The molecule has 0 aliphatic carbocycles. The van der Waals surface area contributed by atoms with Crippen molar-refractivity contribution in [1.29, 1.82) is 0 Å². The zero-order valence-corrected chi connectivity index (χ0v) is 15.4. The maximum Gasteiger partial charge on any atom is 0.257 e. The van der Waals surface area contributed by atoms with Crippen LogP contribution in [0.25, 0.3) is 0 Å². The van der Waals surface area contributed by atoms with E-state index in [9.17, 15) is 4.79 Å². The second-order valence-corrected chi connectivity index (χ2v) is 6.19. The van der Waals surface area contributed by atoms with Gasteiger partial charge in [-0.25, -0.2) is 0 Å². The van der Waals surface area contributed by atoms with Crippen LogP contribution in [-0.2, 0) is 4.79 Å². The van der Waals surface area contributed by atoms with Crippen LogP contribution in [0.4, 0.5) is 0 Å². The third-order valence-electron chi connectivity index (χ3n) is 4.26. The highest BCUT2D eigenvalue weighted by Crippen LogP contribution is 2.27. The van der Waals surface area contributed by atoms with Crippen molar-refractivity contribution < 1.29 is 19.0 Å². The number of methoxy groups -OCH3 is 2. The summed E-state index contributed by atoms with van der Waals surface area (Å²) in [6.45, 7) is 6.09. The van der Waals surface area contributed by atoms with Crippen LogP contribution in [0.1, 0.15) is 6.42 Å². The highest BCUT2D eigenvalue weighted by Gasteiger charge is 2.13. The molecule has 1 aromatic carbocycles. The predicted octanol–water partition coefficient (Wildman–Crippen LogP) is 0.836. The molecule has 140 valence electrons. The molecule has 0 atom stereocenters. The lowest BCUT2D eigenvalue weighted by atomic mass is 10.3. The number of likely N-dealkylation sites (N-methyl/N-ethyl adjacent to an activating group) is 1. The van der Waals surface area contributed by atoms with Gasteiger partial charge in [0.25, 0.3) is 5.91 Å². The van der Waals surface area contributed by atoms with Crippen molar-refractivity contribution in [3.63, 3.8) is 0 Å². The Labute approximate surface area is 149 Å². The molecule has 1 aliphatic heterocycles. The maximum absolute atomic E-state index is 11.9. The van der Waals surface area contributed by atoms with E-state index in [4.69, 9.17) is 14.2 Å². The second-order valence-electron chi connectivity index (χ2n) is 6.19. The number of benzene rings is 1. The van der Waals surface area contributed by atoms with Gasteiger partial charge in [-0.1, -0.05) is 0 Å². The second kappa shape index (κ2) is 10.1. The Hall–Kier alpha value is -1.99. The fourth-order valence-electron chi connectivity index (χ4n) is 2.67. The Kier molecular flexibility index (Phi) is 7.81. The molecule has 1 heterocycles. The summed E-state index contributed by atoms with van der Waals surface area (Å²) in [7, 11) is 5.30. The van der Waals surface area contributed by atoms with Crippen molar-refractivity contribution in [2.24, 2.45) is 0 Å². The first kappa shape index (κ1) is 19.3. The molecule has 0 aromatic heterocycles. The van der Waals surface area contributed by atoms with Gasteiger partial charge in [-0.05, 0) is 20.0 Å². The van der Waals surface area contributed by atoms with E-state index < -0.39 is 0 Å². The summed E-state index contributed by atoms with van der Waals surface area (Å²) >= 11 is 0. The summed E-state index contributed by atoms with van der Waals surface area (Å²) in [4.78, 5) is 16.7. The van der Waals surface area contributed by atoms with Gasteiger partial charge < -0.3 is 29.3 Å². The third kappa shape index (κ3) is 6.80. The van der Waals surface area contributed by atoms with Crippen LogP contribution in [0.2, 0.25) is 0 Å². The molecule has 1 aromatic rings. The topological polar surface area (TPSA) is 63.3 Å². The molecule has 1 amide bonds. The Balaban J connectivity index is 1.64. The Morgan fingerprint density at radius 1 is 1.04 bits per heavy atom. The van der Waals surface area contributed by atoms with Gasteiger partial charge in [0.15, 0.2) is 6.61 Å². The number of rotatable bonds is 9. The average Bonchev–Trinajstić information content (AvgIpc) is 2.64. The number of hydrogen-bond acceptors (Lipinski definition) is 6. The van der Waals surface area contributed by atoms with Gasteiger partial charge in [0.05, 0.1) is 14.2 Å². The predicted molar refractivity (Wildman–Crippen MR) is 96.6 cm³/mol. The Morgan fingerprint density at radius 2 is 1.64 bits per heavy atom. The lowest BCUT2D eigenvalue weighted by Gasteiger charge is -2.32. The minimum Gasteiger partial charge on any atom is -0.496 e. The van der Waals surface area contributed by atoms with Crippen LogP contribution in [-0.4, -0.2) is 82.8 Å². The monoisotopic (exact) mass is 351 g/mol. The molecular weight excluding hydrogens is 322 g/mol. The molecule has 1 fully saturated rings. The van der Waals surface area contributed by atoms with Crippen LogP contribution in [0.15, 0.2) is 18.2 Å². The van der Waals surface area contributed by atoms with E-state index in [1.807, 2.05) is 0 Å². The van der Waals surface area contributed by atoms with Crippen LogP contribution in [0, 0.1) is 0 Å². The van der Waals surface area contributed by atoms with Gasteiger partial charge >= 0.3 is 0 Å². The number of carbonyl (C=O) groups excluding carboxylic acids is 1. The van der Waals surface area contributed by atoms with Crippen molar-refractivity contribution in [2.75, 3.05) is 67.1 Å². The number of piperazine rings is 1. The minimum atomic E-state index is -0.125. The number of carbonyl (C=O) groups is 1. The van der Waals surface area contributed by atoms with Gasteiger partial charge in [0, 0.05) is 50.9 Å². The molecule has 1 aliphatic rings. The number of amides is 1. The van der Waals surface area contributed by atoms with Crippen molar-refractivity contribution in [2.45, 2.75) is 6.42 Å². The first-order valence-electron chi connectivity index (χ1n) is 8.64. The standard InChI is InChI=1S/C18H29N3O4/c1-20-7-9-21(10-8-20)6-4-5-19-18(22)14-25-17-12-15(23-2)11-16(13-17)24-3/h11-13H,4-10,14H2,1-3H3,(H,19,22). The molecule has 25 heavy (non-hydrogen) atoms. The zero-order chi connectivity index (χ0) is 18.1. The fourth-order valence-corrected chi connectivity index (χ4v) is 2.67. The minimum absolute atomic E-state index is 0.0230. The zero-order valence-electron chi connectivity index (χ0n) is 15.4. The molecule has 1 N–H and O–H groups in total. The fraction of sp³-hybridized carbons (Fsp3) is 0.611. The van der Waals surface area contributed by atoms with Crippen LogP contribution in [0.3, 0.4) is 0 Å². The lowest BCUT2D eigenvalue weighted by molar-refractivity contribution is -0.123. The van der Waals surface area contributed by atoms with Crippen LogP contribution >= 0.6 is 0 Å². The molecule has 0 radical (unpaired) electrons. The Morgan fingerprint density at radius 3 is 2.24 bits per heavy atom. The summed E-state index contributed by atoms with van der Waals surface area (Å²) < 4.78 is 15.9. The first-order chi connectivity index (χ1) is 12.1. The molecular formula is C18H29N3O4. The normalized spacial score (nSPS) is 15.6. The van der Waals surface area contributed by atoms with Crippen LogP contribution < -0.4 is 19.5 Å². The van der Waals surface area contributed by atoms with E-state index in [1.54, 1.807) is 32.4 Å². The van der Waals surface area contributed by atoms with Gasteiger partial charge in [-0.2, -0.15) is 0 Å². The SMILES string of the molecule is COc1cc(OC)cc(OCC(=O)NCCCN2CCN(C)CC2)c1. The summed E-state index contributed by atoms with van der Waals surface area (Å²) in [5.41, 5.74) is 0. The summed E-state index contributed by atoms with van der Waals surface area (Å²) in [5, 5.41) is 2.89. The third-order valence-corrected chi connectivity index (χ3v) is 4.26. The molecule has 0 saturated carbocycles. The van der Waals surface area contributed by atoms with Crippen LogP contribution in [0.5, 0.6) is 17.2 Å². The van der Waals surface area contributed by atoms with E-state index in [2.05, 4.69) is 22.2 Å². The van der Waals surface area contributed by atoms with E-state index in [1.165, 1.54) is 0 Å². The van der Waals surface area contributed by atoms with Crippen molar-refractivity contribution in [3.05, 3.63) is 18.2 Å². The van der Waals surface area contributed by atoms with E-state index in [-0.39, 0.29) is 12.5 Å². The largest absolute Gasteiger partial charge is 0.496 e. The lowest BCUT2D eigenvalue weighted by Crippen LogP contribution is -2.45. The van der Waals surface area contributed by atoms with Crippen molar-refractivity contribution in [1.82, 2.24) is 15.1 Å². The molecule has 7 heteroatoms. The summed E-state index contributed by atoms with van der Waals surface area (Å²) in [6, 6.07) is 5.21. The number of nitrogens with zero attached hydrogens (tertiary/aromatic N) is 2. The summed E-state index contributed by atoms with van der Waals surface area (Å²) in [6.07, 6.45) is 0.947. The van der Waals surface area contributed by atoms with Crippen molar-refractivity contribution in [3.8, 4) is 17.2 Å². The summed E-state index contributed by atoms with van der Waals surface area (Å²) in [5.74, 6) is 1.67. The molecule has 7 nitrogen and oxygen atoms in total. The van der Waals surface area contributed by atoms with E-state index in [0.717, 1.165) is 39.1 Å². The Bertz CT molecular complexity index is 523. The van der Waals surface area contributed by atoms with Gasteiger partial charge in [0.1, 0.15) is 17.2 Å².